The number of allylic oxidation sites excluding steroid dienone is 1. The molecule has 9 atom stereocenters. The highest BCUT2D eigenvalue weighted by Gasteiger charge is 2.62. The zero-order valence-corrected chi connectivity index (χ0v) is 31.8. The Kier molecular flexibility index (Phi) is 9.96. The molecule has 3 amide bonds. The fourth-order valence-corrected chi connectivity index (χ4v) is 12.5. The van der Waals surface area contributed by atoms with Crippen LogP contribution < -0.4 is 0 Å². The van der Waals surface area contributed by atoms with Gasteiger partial charge in [0.15, 0.2) is 0 Å². The van der Waals surface area contributed by atoms with E-state index in [0.717, 1.165) is 48.9 Å². The van der Waals surface area contributed by atoms with Crippen molar-refractivity contribution in [3.63, 3.8) is 0 Å². The first-order valence-electron chi connectivity index (χ1n) is 19.7. The zero-order valence-electron chi connectivity index (χ0n) is 31.8. The lowest BCUT2D eigenvalue weighted by molar-refractivity contribution is -0.0955. The number of imide groups is 1. The van der Waals surface area contributed by atoms with E-state index in [2.05, 4.69) is 61.5 Å². The first kappa shape index (κ1) is 36.2. The molecule has 49 heavy (non-hydrogen) atoms. The molecule has 0 saturated heterocycles. The van der Waals surface area contributed by atoms with Crippen LogP contribution in [0.15, 0.2) is 35.9 Å². The van der Waals surface area contributed by atoms with Crippen LogP contribution in [0.3, 0.4) is 0 Å². The molecule has 4 aliphatic carbocycles. The molecule has 0 radical (unpaired) electrons. The van der Waals surface area contributed by atoms with Crippen LogP contribution in [0.25, 0.3) is 0 Å². The molecule has 6 nitrogen and oxygen atoms in total. The van der Waals surface area contributed by atoms with E-state index in [0.29, 0.717) is 41.3 Å². The maximum absolute atomic E-state index is 13.0. The van der Waals surface area contributed by atoms with Gasteiger partial charge in [-0.2, -0.15) is 0 Å². The van der Waals surface area contributed by atoms with E-state index in [-0.39, 0.29) is 35.2 Å². The van der Waals surface area contributed by atoms with Crippen molar-refractivity contribution in [2.75, 3.05) is 13.1 Å². The predicted molar refractivity (Wildman–Crippen MR) is 196 cm³/mol. The SMILES string of the molecule is CC(C)CCC[C@@H](C)[C@H]1CC[C@H]2[C@@H]3CC=C4C[C@@H](N(CCCN5C(=O)c6ccccc6C5=O)C(=O)O)CC(C(C)(C)C)[C@]4(C)[C@H]3CC[C@]12C. The summed E-state index contributed by atoms with van der Waals surface area (Å²) in [6.45, 7) is 20.1. The predicted octanol–water partition coefficient (Wildman–Crippen LogP) is 10.3. The largest absolute Gasteiger partial charge is 0.465 e. The molecule has 1 aliphatic heterocycles. The van der Waals surface area contributed by atoms with Crippen LogP contribution in [0.5, 0.6) is 0 Å². The number of benzene rings is 1. The van der Waals surface area contributed by atoms with Gasteiger partial charge in [0.05, 0.1) is 11.1 Å². The van der Waals surface area contributed by atoms with Gasteiger partial charge in [-0.05, 0) is 121 Å². The van der Waals surface area contributed by atoms with Crippen molar-refractivity contribution >= 4 is 17.9 Å². The number of amides is 3. The van der Waals surface area contributed by atoms with Crippen molar-refractivity contribution in [1.29, 1.82) is 0 Å². The Morgan fingerprint density at radius 2 is 1.65 bits per heavy atom. The lowest BCUT2D eigenvalue weighted by atomic mass is 9.42. The summed E-state index contributed by atoms with van der Waals surface area (Å²) in [7, 11) is 0. The molecule has 6 rings (SSSR count). The second-order valence-electron chi connectivity index (χ2n) is 18.8. The van der Waals surface area contributed by atoms with Gasteiger partial charge in [0.25, 0.3) is 11.8 Å². The molecular weight excluding hydrogens is 608 g/mol. The molecule has 3 saturated carbocycles. The zero-order chi connectivity index (χ0) is 35.5. The smallest absolute Gasteiger partial charge is 0.407 e. The lowest BCUT2D eigenvalue weighted by Crippen LogP contribution is -2.58. The van der Waals surface area contributed by atoms with Gasteiger partial charge in [0.1, 0.15) is 0 Å². The van der Waals surface area contributed by atoms with E-state index in [9.17, 15) is 19.5 Å². The molecule has 0 bridgehead atoms. The van der Waals surface area contributed by atoms with Gasteiger partial charge in [-0.15, -0.1) is 0 Å². The maximum atomic E-state index is 13.0. The van der Waals surface area contributed by atoms with Crippen molar-refractivity contribution in [3.05, 3.63) is 47.0 Å². The summed E-state index contributed by atoms with van der Waals surface area (Å²) in [6.07, 6.45) is 14.4. The third-order valence-electron chi connectivity index (χ3n) is 14.8. The molecule has 270 valence electrons. The Bertz CT molecular complexity index is 1420. The number of nitrogens with zero attached hydrogens (tertiary/aromatic N) is 2. The summed E-state index contributed by atoms with van der Waals surface area (Å²) in [6, 6.07) is 6.84. The van der Waals surface area contributed by atoms with Crippen LogP contribution in [0, 0.1) is 57.7 Å². The highest BCUT2D eigenvalue weighted by Crippen LogP contribution is 2.69. The van der Waals surface area contributed by atoms with Crippen LogP contribution in [0.4, 0.5) is 4.79 Å². The van der Waals surface area contributed by atoms with Gasteiger partial charge < -0.3 is 10.0 Å². The topological polar surface area (TPSA) is 77.9 Å². The van der Waals surface area contributed by atoms with Crippen molar-refractivity contribution in [3.8, 4) is 0 Å². The first-order valence-corrected chi connectivity index (χ1v) is 19.7. The quantitative estimate of drug-likeness (QED) is 0.198. The van der Waals surface area contributed by atoms with Gasteiger partial charge in [-0.3, -0.25) is 14.5 Å². The minimum Gasteiger partial charge on any atom is -0.465 e. The Balaban J connectivity index is 1.18. The molecule has 1 aromatic rings. The standard InChI is InChI=1S/C43H64N2O4/c1-27(2)13-11-14-28(3)34-19-20-35-33-18-17-29-25-30(26-37(41(4,5)6)43(29,8)36(33)21-22-42(34,35)7)44(40(48)49)23-12-24-45-38(46)31-15-9-10-16-32(31)39(45)47/h9-10,15-17,27-28,30,33-37H,11-14,18-26H2,1-8H3,(H,48,49)/t28-,30-,33+,34-,35+,36+,37?,42-,43+/m1/s1. The number of hydrogen-bond acceptors (Lipinski definition) is 3. The molecular formula is C43H64N2O4. The average Bonchev–Trinajstić information content (AvgIpc) is 3.51. The lowest BCUT2D eigenvalue weighted by Gasteiger charge is -2.63. The summed E-state index contributed by atoms with van der Waals surface area (Å²) in [5.74, 6) is 4.40. The second kappa shape index (κ2) is 13.5. The Labute approximate surface area is 296 Å². The average molecular weight is 673 g/mol. The van der Waals surface area contributed by atoms with Crippen LogP contribution in [0.2, 0.25) is 0 Å². The molecule has 1 aromatic carbocycles. The third kappa shape index (κ3) is 6.30. The van der Waals surface area contributed by atoms with Crippen LogP contribution in [0.1, 0.15) is 147 Å². The van der Waals surface area contributed by atoms with E-state index in [4.69, 9.17) is 0 Å². The number of carbonyl (C=O) groups is 3. The number of fused-ring (bicyclic) bond motifs is 6. The Morgan fingerprint density at radius 3 is 2.27 bits per heavy atom. The molecule has 1 N–H and O–H groups in total. The molecule has 1 unspecified atom stereocenters. The van der Waals surface area contributed by atoms with Gasteiger partial charge in [-0.1, -0.05) is 98.4 Å². The highest BCUT2D eigenvalue weighted by atomic mass is 16.4. The van der Waals surface area contributed by atoms with E-state index in [1.165, 1.54) is 55.4 Å². The third-order valence-corrected chi connectivity index (χ3v) is 14.8. The Morgan fingerprint density at radius 1 is 0.980 bits per heavy atom. The molecule has 0 spiro atoms. The maximum Gasteiger partial charge on any atom is 0.407 e. The number of carboxylic acid groups (broad SMARTS) is 1. The first-order chi connectivity index (χ1) is 23.1. The van der Waals surface area contributed by atoms with Crippen molar-refractivity contribution < 1.29 is 19.5 Å². The minimum absolute atomic E-state index is 0.0304. The van der Waals surface area contributed by atoms with Crippen LogP contribution in [-0.2, 0) is 0 Å². The number of carbonyl (C=O) groups excluding carboxylic acids is 2. The van der Waals surface area contributed by atoms with Crippen LogP contribution in [-0.4, -0.2) is 51.9 Å². The molecule has 1 heterocycles. The van der Waals surface area contributed by atoms with Gasteiger partial charge in [-0.25, -0.2) is 4.79 Å². The molecule has 6 heteroatoms. The van der Waals surface area contributed by atoms with Gasteiger partial charge >= 0.3 is 6.09 Å². The Hall–Kier alpha value is -2.63. The normalized spacial score (nSPS) is 34.6. The van der Waals surface area contributed by atoms with Crippen molar-refractivity contribution in [1.82, 2.24) is 9.80 Å². The van der Waals surface area contributed by atoms with Crippen LogP contribution >= 0.6 is 0 Å². The summed E-state index contributed by atoms with van der Waals surface area (Å²) < 4.78 is 0. The van der Waals surface area contributed by atoms with Crippen molar-refractivity contribution in [2.45, 2.75) is 132 Å². The van der Waals surface area contributed by atoms with Gasteiger partial charge in [0.2, 0.25) is 0 Å². The number of hydrogen-bond donors (Lipinski definition) is 1. The highest BCUT2D eigenvalue weighted by molar-refractivity contribution is 6.21. The molecule has 5 aliphatic rings. The summed E-state index contributed by atoms with van der Waals surface area (Å²) in [5.41, 5.74) is 2.92. The molecule has 3 fully saturated rings. The van der Waals surface area contributed by atoms with E-state index < -0.39 is 6.09 Å². The fourth-order valence-electron chi connectivity index (χ4n) is 12.5. The monoisotopic (exact) mass is 672 g/mol. The summed E-state index contributed by atoms with van der Waals surface area (Å²) in [4.78, 5) is 41.7. The summed E-state index contributed by atoms with van der Waals surface area (Å²) in [5, 5.41) is 10.5. The van der Waals surface area contributed by atoms with E-state index in [1.807, 2.05) is 0 Å². The number of rotatable bonds is 10. The van der Waals surface area contributed by atoms with Crippen molar-refractivity contribution in [2.24, 2.45) is 57.7 Å². The summed E-state index contributed by atoms with van der Waals surface area (Å²) >= 11 is 0. The minimum atomic E-state index is -0.897. The second-order valence-corrected chi connectivity index (χ2v) is 18.8. The van der Waals surface area contributed by atoms with Gasteiger partial charge in [0, 0.05) is 19.1 Å². The van der Waals surface area contributed by atoms with E-state index in [1.54, 1.807) is 29.2 Å². The fraction of sp³-hybridized carbons (Fsp3) is 0.744. The van der Waals surface area contributed by atoms with E-state index >= 15 is 0 Å². The molecule has 0 aromatic heterocycles.